The molecule has 4 nitrogen and oxygen atoms in total. The lowest BCUT2D eigenvalue weighted by Gasteiger charge is -1.94. The quantitative estimate of drug-likeness (QED) is 0.755. The third-order valence-corrected chi connectivity index (χ3v) is 3.92. The van der Waals surface area contributed by atoms with E-state index in [1.54, 1.807) is 0 Å². The fourth-order valence-corrected chi connectivity index (χ4v) is 3.14. The lowest BCUT2D eigenvalue weighted by atomic mass is 10.2. The number of hydrogen-bond donors (Lipinski definition) is 0. The van der Waals surface area contributed by atoms with Crippen LogP contribution >= 0.6 is 0 Å². The number of sulfone groups is 1. The fourth-order valence-electron chi connectivity index (χ4n) is 1.77. The Balaban J connectivity index is 2.04. The van der Waals surface area contributed by atoms with E-state index in [-0.39, 0.29) is 11.5 Å². The standard InChI is InChI=1S/C11H9NO3S/c13-16(14)6-9-10(7-16)15-11(12-9)8-4-2-1-3-5-8/h1-5H,6-7H2. The molecule has 1 aromatic heterocycles. The first-order valence-corrected chi connectivity index (χ1v) is 6.71. The van der Waals surface area contributed by atoms with Crippen molar-refractivity contribution in [1.29, 1.82) is 0 Å². The number of aromatic nitrogens is 1. The maximum Gasteiger partial charge on any atom is 0.226 e. The van der Waals surface area contributed by atoms with Gasteiger partial charge in [-0.25, -0.2) is 13.4 Å². The molecule has 0 bridgehead atoms. The van der Waals surface area contributed by atoms with Gasteiger partial charge in [0.15, 0.2) is 9.84 Å². The molecular weight excluding hydrogens is 226 g/mol. The van der Waals surface area contributed by atoms with Crippen LogP contribution in [0.4, 0.5) is 0 Å². The summed E-state index contributed by atoms with van der Waals surface area (Å²) in [5.74, 6) is 0.959. The number of oxazole rings is 1. The van der Waals surface area contributed by atoms with Crippen LogP contribution in [0.1, 0.15) is 11.5 Å². The summed E-state index contributed by atoms with van der Waals surface area (Å²) in [6, 6.07) is 9.46. The Kier molecular flexibility index (Phi) is 1.91. The Labute approximate surface area is 92.9 Å². The summed E-state index contributed by atoms with van der Waals surface area (Å²) in [5.41, 5.74) is 1.42. The SMILES string of the molecule is O=S1(=O)Cc2nc(-c3ccccc3)oc2C1. The van der Waals surface area contributed by atoms with Crippen molar-refractivity contribution >= 4 is 9.84 Å². The van der Waals surface area contributed by atoms with Gasteiger partial charge in [0.05, 0.1) is 11.4 Å². The maximum absolute atomic E-state index is 11.3. The van der Waals surface area contributed by atoms with Gasteiger partial charge in [-0.3, -0.25) is 0 Å². The van der Waals surface area contributed by atoms with Crippen molar-refractivity contribution in [2.75, 3.05) is 0 Å². The molecule has 0 amide bonds. The van der Waals surface area contributed by atoms with Crippen LogP contribution in [0.2, 0.25) is 0 Å². The van der Waals surface area contributed by atoms with Gasteiger partial charge in [0.1, 0.15) is 11.5 Å². The fraction of sp³-hybridized carbons (Fsp3) is 0.182. The molecule has 5 heteroatoms. The second kappa shape index (κ2) is 3.18. The van der Waals surface area contributed by atoms with Crippen molar-refractivity contribution < 1.29 is 12.8 Å². The van der Waals surface area contributed by atoms with Crippen molar-refractivity contribution in [2.45, 2.75) is 11.5 Å². The first-order chi connectivity index (χ1) is 7.64. The summed E-state index contributed by atoms with van der Waals surface area (Å²) in [4.78, 5) is 4.21. The van der Waals surface area contributed by atoms with Crippen LogP contribution in [0.15, 0.2) is 34.7 Å². The number of rotatable bonds is 1. The summed E-state index contributed by atoms with van der Waals surface area (Å²) in [6.45, 7) is 0. The Bertz CT molecular complexity index is 599. The second-order valence-corrected chi connectivity index (χ2v) is 5.85. The minimum atomic E-state index is -3.02. The number of hydrogen-bond acceptors (Lipinski definition) is 4. The minimum absolute atomic E-state index is 0.00132. The van der Waals surface area contributed by atoms with Crippen LogP contribution in [0.25, 0.3) is 11.5 Å². The molecule has 3 rings (SSSR count). The van der Waals surface area contributed by atoms with E-state index in [9.17, 15) is 8.42 Å². The number of benzene rings is 1. The molecule has 0 atom stereocenters. The molecule has 0 saturated heterocycles. The molecule has 0 spiro atoms. The van der Waals surface area contributed by atoms with Gasteiger partial charge < -0.3 is 4.42 Å². The van der Waals surface area contributed by atoms with Gasteiger partial charge in [-0.15, -0.1) is 0 Å². The molecule has 82 valence electrons. The normalized spacial score (nSPS) is 17.2. The Morgan fingerprint density at radius 3 is 2.56 bits per heavy atom. The average molecular weight is 235 g/mol. The van der Waals surface area contributed by atoms with Crippen LogP contribution in [0.5, 0.6) is 0 Å². The van der Waals surface area contributed by atoms with E-state index in [0.717, 1.165) is 5.56 Å². The maximum atomic E-state index is 11.3. The molecule has 0 saturated carbocycles. The molecule has 0 fully saturated rings. The largest absolute Gasteiger partial charge is 0.440 e. The van der Waals surface area contributed by atoms with Crippen LogP contribution in [0.3, 0.4) is 0 Å². The minimum Gasteiger partial charge on any atom is -0.440 e. The average Bonchev–Trinajstić information content (AvgIpc) is 2.72. The van der Waals surface area contributed by atoms with E-state index < -0.39 is 9.84 Å². The highest BCUT2D eigenvalue weighted by molar-refractivity contribution is 7.90. The van der Waals surface area contributed by atoms with E-state index >= 15 is 0 Å². The smallest absolute Gasteiger partial charge is 0.226 e. The first kappa shape index (κ1) is 9.59. The molecule has 0 radical (unpaired) electrons. The number of fused-ring (bicyclic) bond motifs is 1. The van der Waals surface area contributed by atoms with Crippen molar-refractivity contribution in [2.24, 2.45) is 0 Å². The lowest BCUT2D eigenvalue weighted by Crippen LogP contribution is -1.97. The zero-order valence-electron chi connectivity index (χ0n) is 8.38. The summed E-state index contributed by atoms with van der Waals surface area (Å²) in [6.07, 6.45) is 0. The van der Waals surface area contributed by atoms with Gasteiger partial charge in [0.25, 0.3) is 0 Å². The zero-order valence-corrected chi connectivity index (χ0v) is 9.20. The topological polar surface area (TPSA) is 60.2 Å². The van der Waals surface area contributed by atoms with Crippen LogP contribution in [0, 0.1) is 0 Å². The third kappa shape index (κ3) is 1.53. The lowest BCUT2D eigenvalue weighted by molar-refractivity contribution is 0.532. The molecule has 1 aromatic carbocycles. The Morgan fingerprint density at radius 2 is 1.88 bits per heavy atom. The molecule has 0 N–H and O–H groups in total. The van der Waals surface area contributed by atoms with Gasteiger partial charge in [0, 0.05) is 5.56 Å². The first-order valence-electron chi connectivity index (χ1n) is 4.88. The van der Waals surface area contributed by atoms with Gasteiger partial charge in [-0.1, -0.05) is 18.2 Å². The highest BCUT2D eigenvalue weighted by Crippen LogP contribution is 2.29. The molecule has 0 unspecified atom stereocenters. The van der Waals surface area contributed by atoms with E-state index in [1.807, 2.05) is 30.3 Å². The van der Waals surface area contributed by atoms with E-state index in [0.29, 0.717) is 17.3 Å². The summed E-state index contributed by atoms with van der Waals surface area (Å²) >= 11 is 0. The molecule has 2 aromatic rings. The third-order valence-electron chi connectivity index (χ3n) is 2.51. The molecular formula is C11H9NO3S. The molecule has 16 heavy (non-hydrogen) atoms. The summed E-state index contributed by atoms with van der Waals surface area (Å²) in [5, 5.41) is 0. The molecule has 1 aliphatic rings. The molecule has 1 aliphatic heterocycles. The van der Waals surface area contributed by atoms with Crippen molar-refractivity contribution in [3.63, 3.8) is 0 Å². The highest BCUT2D eigenvalue weighted by atomic mass is 32.2. The van der Waals surface area contributed by atoms with Crippen molar-refractivity contribution in [1.82, 2.24) is 4.98 Å². The van der Waals surface area contributed by atoms with E-state index in [2.05, 4.69) is 4.98 Å². The summed E-state index contributed by atoms with van der Waals surface area (Å²) < 4.78 is 28.1. The van der Waals surface area contributed by atoms with E-state index in [1.165, 1.54) is 0 Å². The number of nitrogens with zero attached hydrogens (tertiary/aromatic N) is 1. The Hall–Kier alpha value is -1.62. The monoisotopic (exact) mass is 235 g/mol. The van der Waals surface area contributed by atoms with Gasteiger partial charge in [0.2, 0.25) is 5.89 Å². The van der Waals surface area contributed by atoms with E-state index in [4.69, 9.17) is 4.42 Å². The van der Waals surface area contributed by atoms with Crippen LogP contribution in [-0.4, -0.2) is 13.4 Å². The summed E-state index contributed by atoms with van der Waals surface area (Å²) in [7, 11) is -3.02. The highest BCUT2D eigenvalue weighted by Gasteiger charge is 2.30. The Morgan fingerprint density at radius 1 is 1.12 bits per heavy atom. The van der Waals surface area contributed by atoms with Crippen molar-refractivity contribution in [3.8, 4) is 11.5 Å². The molecule has 0 aliphatic carbocycles. The predicted octanol–water partition coefficient (Wildman–Crippen LogP) is 1.77. The van der Waals surface area contributed by atoms with Gasteiger partial charge >= 0.3 is 0 Å². The second-order valence-electron chi connectivity index (χ2n) is 3.79. The van der Waals surface area contributed by atoms with Crippen LogP contribution in [-0.2, 0) is 21.3 Å². The zero-order chi connectivity index (χ0) is 11.2. The molecule has 2 heterocycles. The van der Waals surface area contributed by atoms with Crippen molar-refractivity contribution in [3.05, 3.63) is 41.8 Å². The predicted molar refractivity (Wildman–Crippen MR) is 58.3 cm³/mol. The van der Waals surface area contributed by atoms with Gasteiger partial charge in [-0.2, -0.15) is 0 Å². The van der Waals surface area contributed by atoms with Crippen LogP contribution < -0.4 is 0 Å². The van der Waals surface area contributed by atoms with Gasteiger partial charge in [-0.05, 0) is 12.1 Å².